The number of fused-ring (bicyclic) bond motifs is 1. The van der Waals surface area contributed by atoms with E-state index >= 15 is 0 Å². The van der Waals surface area contributed by atoms with E-state index in [2.05, 4.69) is 19.1 Å². The number of rotatable bonds is 3. The van der Waals surface area contributed by atoms with E-state index in [0.29, 0.717) is 0 Å². The van der Waals surface area contributed by atoms with Crippen LogP contribution in [0.15, 0.2) is 30.5 Å². The van der Waals surface area contributed by atoms with E-state index in [4.69, 9.17) is 4.74 Å². The first-order valence-electron chi connectivity index (χ1n) is 6.26. The second-order valence-electron chi connectivity index (χ2n) is 4.95. The van der Waals surface area contributed by atoms with Gasteiger partial charge in [0.05, 0.1) is 6.10 Å². The molecule has 1 atom stereocenters. The molecule has 0 aliphatic heterocycles. The van der Waals surface area contributed by atoms with Gasteiger partial charge in [0, 0.05) is 11.7 Å². The lowest BCUT2D eigenvalue weighted by Crippen LogP contribution is -2.21. The van der Waals surface area contributed by atoms with E-state index in [9.17, 15) is 4.79 Å². The number of nitrogens with zero attached hydrogens (tertiary/aromatic N) is 1. The molecule has 0 amide bonds. The summed E-state index contributed by atoms with van der Waals surface area (Å²) in [5, 5.41) is 1.15. The Labute approximate surface area is 107 Å². The minimum absolute atomic E-state index is 0.0796. The summed E-state index contributed by atoms with van der Waals surface area (Å²) in [7, 11) is 0. The molecule has 1 aromatic heterocycles. The maximum atomic E-state index is 11.9. The summed E-state index contributed by atoms with van der Waals surface area (Å²) in [6, 6.07) is 7.95. The number of esters is 1. The summed E-state index contributed by atoms with van der Waals surface area (Å²) < 4.78 is 7.21. The SMILES string of the molecule is Cc1ccc2c(ccn2C(C)C(=O)OC(C)C)c1. The highest BCUT2D eigenvalue weighted by atomic mass is 16.5. The standard InChI is InChI=1S/C15H19NO2/c1-10(2)18-15(17)12(4)16-8-7-13-9-11(3)5-6-14(13)16/h5-10,12H,1-4H3. The summed E-state index contributed by atoms with van der Waals surface area (Å²) in [4.78, 5) is 11.9. The molecule has 0 spiro atoms. The Morgan fingerprint density at radius 2 is 1.94 bits per heavy atom. The quantitative estimate of drug-likeness (QED) is 0.775. The summed E-state index contributed by atoms with van der Waals surface area (Å²) in [6.07, 6.45) is 1.86. The van der Waals surface area contributed by atoms with Crippen molar-refractivity contribution in [3.63, 3.8) is 0 Å². The fraction of sp³-hybridized carbons (Fsp3) is 0.400. The van der Waals surface area contributed by atoms with E-state index in [-0.39, 0.29) is 18.1 Å². The zero-order valence-corrected chi connectivity index (χ0v) is 11.3. The molecule has 0 N–H and O–H groups in total. The van der Waals surface area contributed by atoms with Crippen molar-refractivity contribution >= 4 is 16.9 Å². The van der Waals surface area contributed by atoms with Gasteiger partial charge in [-0.15, -0.1) is 0 Å². The second kappa shape index (κ2) is 4.84. The molecule has 1 unspecified atom stereocenters. The minimum Gasteiger partial charge on any atom is -0.461 e. The zero-order chi connectivity index (χ0) is 13.3. The number of aryl methyl sites for hydroxylation is 1. The molecule has 2 aromatic rings. The van der Waals surface area contributed by atoms with E-state index in [0.717, 1.165) is 10.9 Å². The molecule has 0 saturated heterocycles. The molecule has 96 valence electrons. The van der Waals surface area contributed by atoms with Gasteiger partial charge < -0.3 is 9.30 Å². The van der Waals surface area contributed by atoms with Gasteiger partial charge in [0.15, 0.2) is 0 Å². The number of ether oxygens (including phenoxy) is 1. The maximum absolute atomic E-state index is 11.9. The Balaban J connectivity index is 2.33. The molecule has 0 aliphatic rings. The predicted molar refractivity (Wildman–Crippen MR) is 72.6 cm³/mol. The van der Waals surface area contributed by atoms with Crippen molar-refractivity contribution in [2.24, 2.45) is 0 Å². The largest absolute Gasteiger partial charge is 0.461 e. The third kappa shape index (κ3) is 2.40. The number of aromatic nitrogens is 1. The lowest BCUT2D eigenvalue weighted by atomic mass is 10.2. The summed E-state index contributed by atoms with van der Waals surface area (Å²) >= 11 is 0. The van der Waals surface area contributed by atoms with E-state index in [1.165, 1.54) is 5.56 Å². The monoisotopic (exact) mass is 245 g/mol. The van der Waals surface area contributed by atoms with Gasteiger partial charge >= 0.3 is 5.97 Å². The van der Waals surface area contributed by atoms with Crippen LogP contribution in [-0.4, -0.2) is 16.6 Å². The fourth-order valence-electron chi connectivity index (χ4n) is 2.07. The van der Waals surface area contributed by atoms with E-state index < -0.39 is 0 Å². The van der Waals surface area contributed by atoms with Gasteiger partial charge in [0.2, 0.25) is 0 Å². The van der Waals surface area contributed by atoms with Crippen LogP contribution in [0.5, 0.6) is 0 Å². The Morgan fingerprint density at radius 1 is 1.22 bits per heavy atom. The predicted octanol–water partition coefficient (Wildman–Crippen LogP) is 3.46. The molecule has 0 fully saturated rings. The van der Waals surface area contributed by atoms with Gasteiger partial charge in [-0.05, 0) is 51.3 Å². The van der Waals surface area contributed by atoms with Crippen LogP contribution in [0.3, 0.4) is 0 Å². The highest BCUT2D eigenvalue weighted by Gasteiger charge is 2.18. The molecule has 3 heteroatoms. The summed E-state index contributed by atoms with van der Waals surface area (Å²) in [5.41, 5.74) is 2.28. The van der Waals surface area contributed by atoms with Crippen LogP contribution in [0.4, 0.5) is 0 Å². The van der Waals surface area contributed by atoms with Crippen LogP contribution in [0.2, 0.25) is 0 Å². The number of carbonyl (C=O) groups excluding carboxylic acids is 1. The number of hydrogen-bond acceptors (Lipinski definition) is 2. The van der Waals surface area contributed by atoms with Crippen molar-refractivity contribution in [1.82, 2.24) is 4.57 Å². The molecular formula is C15H19NO2. The third-order valence-electron chi connectivity index (χ3n) is 2.99. The van der Waals surface area contributed by atoms with Crippen molar-refractivity contribution in [3.8, 4) is 0 Å². The van der Waals surface area contributed by atoms with E-state index in [1.54, 1.807) is 0 Å². The Morgan fingerprint density at radius 3 is 2.61 bits per heavy atom. The molecule has 0 saturated carbocycles. The summed E-state index contributed by atoms with van der Waals surface area (Å²) in [6.45, 7) is 7.65. The van der Waals surface area contributed by atoms with Crippen LogP contribution >= 0.6 is 0 Å². The van der Waals surface area contributed by atoms with Crippen molar-refractivity contribution in [1.29, 1.82) is 0 Å². The number of benzene rings is 1. The fourth-order valence-corrected chi connectivity index (χ4v) is 2.07. The molecule has 0 aliphatic carbocycles. The van der Waals surface area contributed by atoms with Gasteiger partial charge in [-0.25, -0.2) is 4.79 Å². The topological polar surface area (TPSA) is 31.2 Å². The highest BCUT2D eigenvalue weighted by molar-refractivity contribution is 5.84. The van der Waals surface area contributed by atoms with Crippen molar-refractivity contribution in [3.05, 3.63) is 36.0 Å². The summed E-state index contributed by atoms with van der Waals surface area (Å²) in [5.74, 6) is -0.192. The van der Waals surface area contributed by atoms with Gasteiger partial charge in [0.1, 0.15) is 6.04 Å². The Bertz CT molecular complexity index is 569. The molecule has 1 heterocycles. The van der Waals surface area contributed by atoms with Crippen molar-refractivity contribution in [2.45, 2.75) is 39.8 Å². The molecule has 0 bridgehead atoms. The lowest BCUT2D eigenvalue weighted by Gasteiger charge is -2.16. The van der Waals surface area contributed by atoms with Crippen molar-refractivity contribution in [2.75, 3.05) is 0 Å². The van der Waals surface area contributed by atoms with E-state index in [1.807, 2.05) is 43.7 Å². The molecule has 2 rings (SSSR count). The maximum Gasteiger partial charge on any atom is 0.329 e. The van der Waals surface area contributed by atoms with Gasteiger partial charge in [-0.2, -0.15) is 0 Å². The van der Waals surface area contributed by atoms with Crippen LogP contribution < -0.4 is 0 Å². The Hall–Kier alpha value is -1.77. The second-order valence-corrected chi connectivity index (χ2v) is 4.95. The van der Waals surface area contributed by atoms with Crippen LogP contribution in [0, 0.1) is 6.92 Å². The van der Waals surface area contributed by atoms with Crippen LogP contribution in [-0.2, 0) is 9.53 Å². The number of carbonyl (C=O) groups is 1. The van der Waals surface area contributed by atoms with Gasteiger partial charge in [0.25, 0.3) is 0 Å². The molecular weight excluding hydrogens is 226 g/mol. The zero-order valence-electron chi connectivity index (χ0n) is 11.3. The number of hydrogen-bond donors (Lipinski definition) is 0. The first kappa shape index (κ1) is 12.7. The highest BCUT2D eigenvalue weighted by Crippen LogP contribution is 2.22. The Kier molecular flexibility index (Phi) is 3.41. The first-order valence-corrected chi connectivity index (χ1v) is 6.26. The van der Waals surface area contributed by atoms with Crippen molar-refractivity contribution < 1.29 is 9.53 Å². The average molecular weight is 245 g/mol. The third-order valence-corrected chi connectivity index (χ3v) is 2.99. The molecule has 3 nitrogen and oxygen atoms in total. The average Bonchev–Trinajstić information content (AvgIpc) is 2.69. The molecule has 18 heavy (non-hydrogen) atoms. The van der Waals surface area contributed by atoms with Crippen LogP contribution in [0.1, 0.15) is 32.4 Å². The normalized spacial score (nSPS) is 12.9. The van der Waals surface area contributed by atoms with Gasteiger partial charge in [-0.3, -0.25) is 0 Å². The molecule has 0 radical (unpaired) electrons. The first-order chi connectivity index (χ1) is 8.49. The minimum atomic E-state index is -0.299. The molecule has 1 aromatic carbocycles. The van der Waals surface area contributed by atoms with Gasteiger partial charge in [-0.1, -0.05) is 11.6 Å². The van der Waals surface area contributed by atoms with Crippen LogP contribution in [0.25, 0.3) is 10.9 Å². The lowest BCUT2D eigenvalue weighted by molar-refractivity contribution is -0.150. The smallest absolute Gasteiger partial charge is 0.329 e.